The minimum Gasteiger partial charge on any atom is -0.345 e. The maximum Gasteiger partial charge on any atom is 0.152 e. The molecule has 16 heavy (non-hydrogen) atoms. The first-order valence-corrected chi connectivity index (χ1v) is 5.67. The van der Waals surface area contributed by atoms with E-state index in [9.17, 15) is 4.79 Å². The van der Waals surface area contributed by atoms with Gasteiger partial charge in [0.05, 0.1) is 10.5 Å². The van der Waals surface area contributed by atoms with Crippen molar-refractivity contribution in [3.05, 3.63) is 34.5 Å². The van der Waals surface area contributed by atoms with Crippen LogP contribution in [0.1, 0.15) is 35.8 Å². The van der Waals surface area contributed by atoms with E-state index >= 15 is 0 Å². The Hall–Kier alpha value is -1.28. The zero-order valence-corrected chi connectivity index (χ0v) is 10.4. The molecule has 0 saturated carbocycles. The molecule has 0 fully saturated rings. The topological polar surface area (TPSA) is 22.0 Å². The van der Waals surface area contributed by atoms with Gasteiger partial charge in [0, 0.05) is 23.7 Å². The number of rotatable bonds is 2. The fourth-order valence-corrected chi connectivity index (χ4v) is 2.64. The number of nitrogens with zero attached hydrogens (tertiary/aromatic N) is 1. The molecule has 3 heteroatoms. The normalized spacial score (nSPS) is 11.3. The van der Waals surface area contributed by atoms with Crippen molar-refractivity contribution in [3.63, 3.8) is 0 Å². The second kappa shape index (κ2) is 3.95. The van der Waals surface area contributed by atoms with E-state index in [0.717, 1.165) is 28.4 Å². The van der Waals surface area contributed by atoms with Gasteiger partial charge in [-0.15, -0.1) is 0 Å². The lowest BCUT2D eigenvalue weighted by molar-refractivity contribution is 0.112. The number of para-hydroxylation sites is 1. The van der Waals surface area contributed by atoms with Crippen molar-refractivity contribution >= 4 is 28.8 Å². The fraction of sp³-hybridized carbons (Fsp3) is 0.308. The number of benzene rings is 1. The monoisotopic (exact) mass is 235 g/mol. The summed E-state index contributed by atoms with van der Waals surface area (Å²) in [7, 11) is 1.95. The van der Waals surface area contributed by atoms with E-state index in [1.807, 2.05) is 29.8 Å². The summed E-state index contributed by atoms with van der Waals surface area (Å²) in [6.07, 6.45) is 0.925. The molecule has 0 N–H and O–H groups in total. The second-order valence-electron chi connectivity index (χ2n) is 4.27. The Bertz CT molecular complexity index is 555. The molecular formula is C13H14ClNO. The highest BCUT2D eigenvalue weighted by atomic mass is 35.5. The summed E-state index contributed by atoms with van der Waals surface area (Å²) < 4.78 is 2.02. The van der Waals surface area contributed by atoms with E-state index in [2.05, 4.69) is 13.8 Å². The van der Waals surface area contributed by atoms with Crippen molar-refractivity contribution in [1.29, 1.82) is 0 Å². The van der Waals surface area contributed by atoms with Crippen LogP contribution in [0.4, 0.5) is 0 Å². The van der Waals surface area contributed by atoms with Gasteiger partial charge < -0.3 is 4.57 Å². The molecule has 0 spiro atoms. The fourth-order valence-electron chi connectivity index (χ4n) is 2.33. The van der Waals surface area contributed by atoms with Crippen LogP contribution in [0.2, 0.25) is 5.02 Å². The van der Waals surface area contributed by atoms with Gasteiger partial charge in [-0.3, -0.25) is 4.79 Å². The molecule has 2 rings (SSSR count). The van der Waals surface area contributed by atoms with Crippen LogP contribution in [-0.4, -0.2) is 10.9 Å². The number of halogens is 1. The largest absolute Gasteiger partial charge is 0.345 e. The van der Waals surface area contributed by atoms with Gasteiger partial charge in [0.2, 0.25) is 0 Å². The first kappa shape index (κ1) is 11.2. The first-order chi connectivity index (χ1) is 7.57. The number of hydrogen-bond acceptors (Lipinski definition) is 1. The molecule has 0 atom stereocenters. The molecule has 0 aliphatic carbocycles. The van der Waals surface area contributed by atoms with Crippen molar-refractivity contribution in [2.45, 2.75) is 19.8 Å². The minimum absolute atomic E-state index is 0.300. The van der Waals surface area contributed by atoms with Crippen molar-refractivity contribution in [2.24, 2.45) is 7.05 Å². The lowest BCUT2D eigenvalue weighted by atomic mass is 10.0. The number of aldehydes is 1. The molecule has 2 aromatic rings. The molecule has 0 radical (unpaired) electrons. The van der Waals surface area contributed by atoms with Crippen LogP contribution in [-0.2, 0) is 7.05 Å². The Morgan fingerprint density at radius 3 is 2.62 bits per heavy atom. The van der Waals surface area contributed by atoms with Crippen molar-refractivity contribution in [1.82, 2.24) is 4.57 Å². The van der Waals surface area contributed by atoms with E-state index in [4.69, 9.17) is 11.6 Å². The Morgan fingerprint density at radius 1 is 1.38 bits per heavy atom. The van der Waals surface area contributed by atoms with E-state index in [-0.39, 0.29) is 0 Å². The molecule has 0 aliphatic heterocycles. The third-order valence-corrected chi connectivity index (χ3v) is 3.22. The molecule has 2 nitrogen and oxygen atoms in total. The molecule has 1 aromatic carbocycles. The zero-order chi connectivity index (χ0) is 11.9. The average Bonchev–Trinajstić information content (AvgIpc) is 2.52. The van der Waals surface area contributed by atoms with Gasteiger partial charge in [-0.05, 0) is 12.0 Å². The predicted octanol–water partition coefficient (Wildman–Crippen LogP) is 3.77. The molecule has 84 valence electrons. The van der Waals surface area contributed by atoms with Crippen LogP contribution in [0.25, 0.3) is 10.9 Å². The quantitative estimate of drug-likeness (QED) is 0.727. The highest BCUT2D eigenvalue weighted by Crippen LogP contribution is 2.32. The van der Waals surface area contributed by atoms with Gasteiger partial charge in [-0.1, -0.05) is 37.6 Å². The maximum atomic E-state index is 11.2. The number of aryl methyl sites for hydroxylation is 1. The number of hydrogen-bond donors (Lipinski definition) is 0. The molecule has 1 aromatic heterocycles. The second-order valence-corrected chi connectivity index (χ2v) is 4.67. The van der Waals surface area contributed by atoms with Gasteiger partial charge in [0.1, 0.15) is 0 Å². The number of aromatic nitrogens is 1. The lowest BCUT2D eigenvalue weighted by Crippen LogP contribution is -2.00. The molecule has 0 unspecified atom stereocenters. The van der Waals surface area contributed by atoms with Crippen molar-refractivity contribution in [3.8, 4) is 0 Å². The Kier molecular flexibility index (Phi) is 2.76. The summed E-state index contributed by atoms with van der Waals surface area (Å²) in [4.78, 5) is 11.2. The molecule has 0 bridgehead atoms. The standard InChI is InChI=1S/C13H14ClNO/c1-8(2)12-10(7-16)9-5-4-6-11(14)13(9)15(12)3/h4-8H,1-3H3. The highest BCUT2D eigenvalue weighted by molar-refractivity contribution is 6.35. The van der Waals surface area contributed by atoms with E-state index in [0.29, 0.717) is 10.9 Å². The Balaban J connectivity index is 2.96. The predicted molar refractivity (Wildman–Crippen MR) is 67.4 cm³/mol. The molecule has 0 amide bonds. The molecular weight excluding hydrogens is 222 g/mol. The van der Waals surface area contributed by atoms with E-state index in [1.54, 1.807) is 0 Å². The number of fused-ring (bicyclic) bond motifs is 1. The highest BCUT2D eigenvalue weighted by Gasteiger charge is 2.18. The van der Waals surface area contributed by atoms with Gasteiger partial charge in [-0.2, -0.15) is 0 Å². The van der Waals surface area contributed by atoms with Gasteiger partial charge in [0.25, 0.3) is 0 Å². The van der Waals surface area contributed by atoms with Crippen molar-refractivity contribution in [2.75, 3.05) is 0 Å². The lowest BCUT2D eigenvalue weighted by Gasteiger charge is -2.08. The summed E-state index contributed by atoms with van der Waals surface area (Å²) in [6, 6.07) is 5.67. The smallest absolute Gasteiger partial charge is 0.152 e. The Labute approximate surface area is 99.8 Å². The maximum absolute atomic E-state index is 11.2. The third-order valence-electron chi connectivity index (χ3n) is 2.91. The molecule has 1 heterocycles. The van der Waals surface area contributed by atoms with Crippen LogP contribution in [0.3, 0.4) is 0 Å². The third kappa shape index (κ3) is 1.45. The van der Waals surface area contributed by atoms with Crippen LogP contribution < -0.4 is 0 Å². The van der Waals surface area contributed by atoms with Gasteiger partial charge in [0.15, 0.2) is 6.29 Å². The summed E-state index contributed by atoms with van der Waals surface area (Å²) in [5, 5.41) is 1.63. The van der Waals surface area contributed by atoms with Crippen molar-refractivity contribution < 1.29 is 4.79 Å². The van der Waals surface area contributed by atoms with E-state index < -0.39 is 0 Å². The molecule has 0 saturated heterocycles. The van der Waals surface area contributed by atoms with Gasteiger partial charge >= 0.3 is 0 Å². The van der Waals surface area contributed by atoms with Gasteiger partial charge in [-0.25, -0.2) is 0 Å². The number of carbonyl (C=O) groups excluding carboxylic acids is 1. The van der Waals surface area contributed by atoms with Crippen LogP contribution in [0.15, 0.2) is 18.2 Å². The first-order valence-electron chi connectivity index (χ1n) is 5.30. The zero-order valence-electron chi connectivity index (χ0n) is 9.62. The summed E-state index contributed by atoms with van der Waals surface area (Å²) >= 11 is 6.17. The van der Waals surface area contributed by atoms with Crippen LogP contribution in [0.5, 0.6) is 0 Å². The summed E-state index contributed by atoms with van der Waals surface area (Å²) in [5.41, 5.74) is 2.74. The Morgan fingerprint density at radius 2 is 2.06 bits per heavy atom. The number of carbonyl (C=O) groups is 1. The van der Waals surface area contributed by atoms with E-state index in [1.165, 1.54) is 0 Å². The van der Waals surface area contributed by atoms with Crippen LogP contribution >= 0.6 is 11.6 Å². The minimum atomic E-state index is 0.300. The summed E-state index contributed by atoms with van der Waals surface area (Å²) in [5.74, 6) is 0.300. The summed E-state index contributed by atoms with van der Waals surface area (Å²) in [6.45, 7) is 4.16. The molecule has 0 aliphatic rings. The average molecular weight is 236 g/mol. The SMILES string of the molecule is CC(C)c1c(C=O)c2cccc(Cl)c2n1C. The van der Waals surface area contributed by atoms with Crippen LogP contribution in [0, 0.1) is 0 Å².